The number of anilines is 1. The van der Waals surface area contributed by atoms with Gasteiger partial charge in [-0.3, -0.25) is 0 Å². The summed E-state index contributed by atoms with van der Waals surface area (Å²) in [6.07, 6.45) is 0.897. The third kappa shape index (κ3) is 4.55. The van der Waals surface area contributed by atoms with Gasteiger partial charge in [-0.1, -0.05) is 6.92 Å². The van der Waals surface area contributed by atoms with Crippen molar-refractivity contribution < 1.29 is 19.4 Å². The topological polar surface area (TPSA) is 81.8 Å². The fourth-order valence-electron chi connectivity index (χ4n) is 1.52. The number of carboxylic acid groups (broad SMARTS) is 1. The number of aromatic carboxylic acids is 1. The lowest BCUT2D eigenvalue weighted by Crippen LogP contribution is -2.06. The summed E-state index contributed by atoms with van der Waals surface area (Å²) < 4.78 is 10.7. The molecule has 5 nitrogen and oxygen atoms in total. The second kappa shape index (κ2) is 7.78. The number of carboxylic acids is 1. The normalized spacial score (nSPS) is 10.2. The van der Waals surface area contributed by atoms with Crippen LogP contribution in [0.25, 0.3) is 0 Å². The first kappa shape index (κ1) is 15.5. The number of ether oxygens (including phenoxy) is 2. The van der Waals surface area contributed by atoms with Crippen molar-refractivity contribution in [1.29, 1.82) is 0 Å². The fraction of sp³-hybridized carbons (Fsp3) is 0.462. The van der Waals surface area contributed by atoms with E-state index in [0.717, 1.165) is 17.9 Å². The Balaban J connectivity index is 2.74. The SMILES string of the molecule is CCSCCCOc1cc(C(=O)O)c(N)cc1OC. The molecule has 1 aromatic rings. The van der Waals surface area contributed by atoms with Gasteiger partial charge in [-0.2, -0.15) is 11.8 Å². The number of hydrogen-bond acceptors (Lipinski definition) is 5. The van der Waals surface area contributed by atoms with Crippen LogP contribution >= 0.6 is 11.8 Å². The lowest BCUT2D eigenvalue weighted by atomic mass is 10.1. The van der Waals surface area contributed by atoms with Crippen LogP contribution in [0, 0.1) is 0 Å². The summed E-state index contributed by atoms with van der Waals surface area (Å²) in [5, 5.41) is 9.02. The molecule has 0 radical (unpaired) electrons. The van der Waals surface area contributed by atoms with Gasteiger partial charge in [0, 0.05) is 12.1 Å². The maximum Gasteiger partial charge on any atom is 0.337 e. The van der Waals surface area contributed by atoms with Gasteiger partial charge < -0.3 is 20.3 Å². The summed E-state index contributed by atoms with van der Waals surface area (Å²) in [6, 6.07) is 2.88. The van der Waals surface area contributed by atoms with Gasteiger partial charge in [0.05, 0.1) is 25.0 Å². The van der Waals surface area contributed by atoms with Crippen LogP contribution in [-0.4, -0.2) is 36.3 Å². The molecular weight excluding hydrogens is 266 g/mol. The van der Waals surface area contributed by atoms with Crippen LogP contribution in [0.2, 0.25) is 0 Å². The Bertz CT molecular complexity index is 437. The minimum atomic E-state index is -1.08. The highest BCUT2D eigenvalue weighted by atomic mass is 32.2. The number of methoxy groups -OCH3 is 1. The molecule has 0 aliphatic heterocycles. The number of hydrogen-bond donors (Lipinski definition) is 2. The largest absolute Gasteiger partial charge is 0.493 e. The molecule has 0 fully saturated rings. The van der Waals surface area contributed by atoms with Crippen LogP contribution in [0.1, 0.15) is 23.7 Å². The van der Waals surface area contributed by atoms with Gasteiger partial charge in [-0.25, -0.2) is 4.79 Å². The standard InChI is InChI=1S/C13H19NO4S/c1-3-19-6-4-5-18-12-7-9(13(15)16)10(14)8-11(12)17-2/h7-8H,3-6,14H2,1-2H3,(H,15,16). The third-order valence-corrected chi connectivity index (χ3v) is 3.45. The number of benzene rings is 1. The molecule has 1 aromatic carbocycles. The van der Waals surface area contributed by atoms with E-state index in [4.69, 9.17) is 20.3 Å². The summed E-state index contributed by atoms with van der Waals surface area (Å²) in [7, 11) is 1.50. The molecule has 0 bridgehead atoms. The average Bonchev–Trinajstić information content (AvgIpc) is 2.39. The van der Waals surface area contributed by atoms with Crippen LogP contribution in [-0.2, 0) is 0 Å². The minimum Gasteiger partial charge on any atom is -0.493 e. The third-order valence-electron chi connectivity index (χ3n) is 2.46. The van der Waals surface area contributed by atoms with Gasteiger partial charge >= 0.3 is 5.97 Å². The van der Waals surface area contributed by atoms with Crippen LogP contribution < -0.4 is 15.2 Å². The van der Waals surface area contributed by atoms with Gasteiger partial charge in [-0.05, 0) is 17.9 Å². The Kier molecular flexibility index (Phi) is 6.35. The Hall–Kier alpha value is -1.56. The summed E-state index contributed by atoms with van der Waals surface area (Å²) in [4.78, 5) is 11.0. The van der Waals surface area contributed by atoms with Crippen LogP contribution in [0.3, 0.4) is 0 Å². The van der Waals surface area contributed by atoms with Crippen molar-refractivity contribution in [3.8, 4) is 11.5 Å². The zero-order valence-electron chi connectivity index (χ0n) is 11.1. The first-order valence-corrected chi connectivity index (χ1v) is 7.17. The lowest BCUT2D eigenvalue weighted by Gasteiger charge is -2.12. The Morgan fingerprint density at radius 3 is 2.74 bits per heavy atom. The molecule has 19 heavy (non-hydrogen) atoms. The zero-order chi connectivity index (χ0) is 14.3. The van der Waals surface area contributed by atoms with Gasteiger partial charge in [0.1, 0.15) is 0 Å². The lowest BCUT2D eigenvalue weighted by molar-refractivity contribution is 0.0697. The van der Waals surface area contributed by atoms with Gasteiger partial charge in [0.2, 0.25) is 0 Å². The monoisotopic (exact) mass is 285 g/mol. The first-order valence-electron chi connectivity index (χ1n) is 6.01. The molecule has 0 saturated heterocycles. The van der Waals surface area contributed by atoms with E-state index in [1.54, 1.807) is 0 Å². The Morgan fingerprint density at radius 2 is 2.16 bits per heavy atom. The van der Waals surface area contributed by atoms with Crippen molar-refractivity contribution >= 4 is 23.4 Å². The molecule has 106 valence electrons. The minimum absolute atomic E-state index is 0.0266. The maximum atomic E-state index is 11.0. The summed E-state index contributed by atoms with van der Waals surface area (Å²) >= 11 is 1.84. The molecule has 1 rings (SSSR count). The molecule has 0 heterocycles. The van der Waals surface area contributed by atoms with E-state index in [1.807, 2.05) is 11.8 Å². The van der Waals surface area contributed by atoms with E-state index in [9.17, 15) is 4.79 Å². The molecule has 0 amide bonds. The van der Waals surface area contributed by atoms with Crippen molar-refractivity contribution in [3.05, 3.63) is 17.7 Å². The predicted molar refractivity (Wildman–Crippen MR) is 77.5 cm³/mol. The molecule has 0 atom stereocenters. The molecule has 0 saturated carbocycles. The molecular formula is C13H19NO4S. The zero-order valence-corrected chi connectivity index (χ0v) is 12.0. The first-order chi connectivity index (χ1) is 9.10. The number of thioether (sulfide) groups is 1. The average molecular weight is 285 g/mol. The van der Waals surface area contributed by atoms with Crippen LogP contribution in [0.4, 0.5) is 5.69 Å². The smallest absolute Gasteiger partial charge is 0.337 e. The number of nitrogen functional groups attached to an aromatic ring is 1. The molecule has 0 spiro atoms. The maximum absolute atomic E-state index is 11.0. The van der Waals surface area contributed by atoms with E-state index in [0.29, 0.717) is 18.1 Å². The Labute approximate surface area is 117 Å². The van der Waals surface area contributed by atoms with E-state index in [2.05, 4.69) is 6.92 Å². The van der Waals surface area contributed by atoms with E-state index >= 15 is 0 Å². The summed E-state index contributed by atoms with van der Waals surface area (Å²) in [5.41, 5.74) is 5.83. The van der Waals surface area contributed by atoms with E-state index in [1.165, 1.54) is 19.2 Å². The summed E-state index contributed by atoms with van der Waals surface area (Å²) in [6.45, 7) is 2.62. The van der Waals surface area contributed by atoms with Crippen molar-refractivity contribution in [3.63, 3.8) is 0 Å². The molecule has 6 heteroatoms. The van der Waals surface area contributed by atoms with Crippen molar-refractivity contribution in [2.75, 3.05) is 31.0 Å². The summed E-state index contributed by atoms with van der Waals surface area (Å²) in [5.74, 6) is 1.88. The highest BCUT2D eigenvalue weighted by Gasteiger charge is 2.14. The second-order valence-corrected chi connectivity index (χ2v) is 5.19. The fourth-order valence-corrected chi connectivity index (χ4v) is 2.13. The second-order valence-electron chi connectivity index (χ2n) is 3.79. The number of nitrogens with two attached hydrogens (primary N) is 1. The molecule has 0 aromatic heterocycles. The quantitative estimate of drug-likeness (QED) is 0.564. The highest BCUT2D eigenvalue weighted by Crippen LogP contribution is 2.32. The van der Waals surface area contributed by atoms with Gasteiger partial charge in [0.15, 0.2) is 11.5 Å². The van der Waals surface area contributed by atoms with Crippen LogP contribution in [0.5, 0.6) is 11.5 Å². The van der Waals surface area contributed by atoms with Crippen molar-refractivity contribution in [2.24, 2.45) is 0 Å². The van der Waals surface area contributed by atoms with E-state index < -0.39 is 5.97 Å². The van der Waals surface area contributed by atoms with Crippen LogP contribution in [0.15, 0.2) is 12.1 Å². The van der Waals surface area contributed by atoms with Gasteiger partial charge in [-0.15, -0.1) is 0 Å². The number of carbonyl (C=O) groups is 1. The Morgan fingerprint density at radius 1 is 1.42 bits per heavy atom. The molecule has 3 N–H and O–H groups in total. The molecule has 0 aliphatic carbocycles. The van der Waals surface area contributed by atoms with Crippen molar-refractivity contribution in [1.82, 2.24) is 0 Å². The van der Waals surface area contributed by atoms with E-state index in [-0.39, 0.29) is 11.3 Å². The molecule has 0 unspecified atom stereocenters. The highest BCUT2D eigenvalue weighted by molar-refractivity contribution is 7.99. The predicted octanol–water partition coefficient (Wildman–Crippen LogP) is 2.50. The van der Waals surface area contributed by atoms with Crippen molar-refractivity contribution in [2.45, 2.75) is 13.3 Å². The molecule has 0 aliphatic rings. The van der Waals surface area contributed by atoms with Gasteiger partial charge in [0.25, 0.3) is 0 Å². The number of rotatable bonds is 8.